The number of thioether (sulfide) groups is 1. The molecule has 1 aliphatic rings. The highest BCUT2D eigenvalue weighted by atomic mass is 32.2. The first kappa shape index (κ1) is 22.2. The minimum Gasteiger partial charge on any atom is -0.493 e. The molecule has 0 spiro atoms. The lowest BCUT2D eigenvalue weighted by atomic mass is 9.86. The Morgan fingerprint density at radius 3 is 2.68 bits per heavy atom. The second-order valence-corrected chi connectivity index (χ2v) is 7.88. The molecule has 0 aromatic heterocycles. The minimum atomic E-state index is -0.495. The molecule has 0 fully saturated rings. The fourth-order valence-corrected chi connectivity index (χ4v) is 4.30. The first-order valence-electron chi connectivity index (χ1n) is 9.61. The minimum absolute atomic E-state index is 0.0527. The molecular formula is C23H23N3O4S. The number of anilines is 1. The van der Waals surface area contributed by atoms with Crippen LogP contribution in [0.5, 0.6) is 11.5 Å². The number of amides is 2. The van der Waals surface area contributed by atoms with E-state index in [1.165, 1.54) is 14.2 Å². The summed E-state index contributed by atoms with van der Waals surface area (Å²) >= 11 is 1.13. The molecule has 0 aliphatic carbocycles. The Labute approximate surface area is 185 Å². The van der Waals surface area contributed by atoms with Gasteiger partial charge < -0.3 is 20.1 Å². The zero-order valence-corrected chi connectivity index (χ0v) is 18.3. The fourth-order valence-electron chi connectivity index (χ4n) is 3.42. The molecule has 7 nitrogen and oxygen atoms in total. The summed E-state index contributed by atoms with van der Waals surface area (Å²) in [6, 6.07) is 15.1. The second kappa shape index (κ2) is 10.0. The molecule has 1 aliphatic heterocycles. The Balaban J connectivity index is 1.85. The van der Waals surface area contributed by atoms with Gasteiger partial charge in [-0.25, -0.2) is 0 Å². The quantitative estimate of drug-likeness (QED) is 0.685. The van der Waals surface area contributed by atoms with Crippen LogP contribution in [0.25, 0.3) is 0 Å². The van der Waals surface area contributed by atoms with Crippen molar-refractivity contribution in [3.05, 3.63) is 64.2 Å². The number of nitriles is 1. The van der Waals surface area contributed by atoms with Crippen molar-refractivity contribution in [3.63, 3.8) is 0 Å². The molecule has 2 N–H and O–H groups in total. The lowest BCUT2D eigenvalue weighted by Crippen LogP contribution is -2.31. The molecule has 160 valence electrons. The van der Waals surface area contributed by atoms with Gasteiger partial charge in [-0.05, 0) is 24.6 Å². The fraction of sp³-hybridized carbons (Fsp3) is 0.261. The molecule has 1 atom stereocenters. The highest BCUT2D eigenvalue weighted by molar-refractivity contribution is 8.03. The molecule has 0 unspecified atom stereocenters. The molecule has 0 bridgehead atoms. The van der Waals surface area contributed by atoms with Crippen LogP contribution in [0.1, 0.15) is 23.5 Å². The van der Waals surface area contributed by atoms with Gasteiger partial charge in [0.1, 0.15) is 0 Å². The number of nitrogens with one attached hydrogen (secondary N) is 2. The lowest BCUT2D eigenvalue weighted by molar-refractivity contribution is -0.121. The van der Waals surface area contributed by atoms with Crippen LogP contribution in [-0.4, -0.2) is 31.8 Å². The van der Waals surface area contributed by atoms with Gasteiger partial charge in [-0.3, -0.25) is 9.59 Å². The van der Waals surface area contributed by atoms with Crippen molar-refractivity contribution in [2.45, 2.75) is 19.3 Å². The van der Waals surface area contributed by atoms with Gasteiger partial charge in [0.25, 0.3) is 0 Å². The topological polar surface area (TPSA) is 100 Å². The number of carbonyl (C=O) groups excluding carboxylic acids is 2. The number of allylic oxidation sites excluding steroid dienone is 1. The maximum Gasteiger partial charge on any atom is 0.234 e. The third-order valence-electron chi connectivity index (χ3n) is 4.93. The molecule has 2 aromatic carbocycles. The van der Waals surface area contributed by atoms with E-state index in [4.69, 9.17) is 9.47 Å². The predicted octanol–water partition coefficient (Wildman–Crippen LogP) is 3.72. The number of methoxy groups -OCH3 is 2. The van der Waals surface area contributed by atoms with Crippen LogP contribution in [0.3, 0.4) is 0 Å². The molecule has 0 saturated heterocycles. The third-order valence-corrected chi connectivity index (χ3v) is 5.95. The number of rotatable bonds is 7. The van der Waals surface area contributed by atoms with E-state index >= 15 is 0 Å². The number of benzene rings is 2. The lowest BCUT2D eigenvalue weighted by Gasteiger charge is -2.26. The maximum absolute atomic E-state index is 12.4. The van der Waals surface area contributed by atoms with Crippen LogP contribution >= 0.6 is 11.8 Å². The van der Waals surface area contributed by atoms with Crippen molar-refractivity contribution in [2.75, 3.05) is 25.3 Å². The zero-order chi connectivity index (χ0) is 22.4. The van der Waals surface area contributed by atoms with Gasteiger partial charge in [0, 0.05) is 23.6 Å². The van der Waals surface area contributed by atoms with Crippen molar-refractivity contribution in [3.8, 4) is 17.6 Å². The SMILES string of the molecule is COc1cccc([C@H]2CC(=O)NC(SCC(=O)Nc3ccccc3C)=C2C#N)c1OC. The molecule has 0 radical (unpaired) electrons. The third kappa shape index (κ3) is 5.01. The summed E-state index contributed by atoms with van der Waals surface area (Å²) in [4.78, 5) is 24.8. The summed E-state index contributed by atoms with van der Waals surface area (Å²) in [6.07, 6.45) is 0.103. The highest BCUT2D eigenvalue weighted by Gasteiger charge is 2.32. The summed E-state index contributed by atoms with van der Waals surface area (Å²) in [7, 11) is 3.05. The predicted molar refractivity (Wildman–Crippen MR) is 120 cm³/mol. The van der Waals surface area contributed by atoms with E-state index in [-0.39, 0.29) is 24.0 Å². The number of para-hydroxylation sites is 2. The number of carbonyl (C=O) groups is 2. The highest BCUT2D eigenvalue weighted by Crippen LogP contribution is 2.43. The average Bonchev–Trinajstić information content (AvgIpc) is 2.78. The molecule has 0 saturated carbocycles. The van der Waals surface area contributed by atoms with Gasteiger partial charge >= 0.3 is 0 Å². The average molecular weight is 438 g/mol. The largest absolute Gasteiger partial charge is 0.493 e. The number of hydrogen-bond acceptors (Lipinski definition) is 6. The molecule has 2 amide bonds. The summed E-state index contributed by atoms with van der Waals surface area (Å²) in [5, 5.41) is 15.8. The number of hydrogen-bond donors (Lipinski definition) is 2. The summed E-state index contributed by atoms with van der Waals surface area (Å²) in [5.74, 6) is 0.118. The molecule has 8 heteroatoms. The Hall–Kier alpha value is -3.44. The van der Waals surface area contributed by atoms with Gasteiger partial charge in [0.15, 0.2) is 11.5 Å². The number of aryl methyl sites for hydroxylation is 1. The van der Waals surface area contributed by atoms with Crippen LogP contribution in [0.2, 0.25) is 0 Å². The second-order valence-electron chi connectivity index (χ2n) is 6.89. The van der Waals surface area contributed by atoms with Crippen molar-refractivity contribution in [1.82, 2.24) is 5.32 Å². The number of nitrogens with zero attached hydrogens (tertiary/aromatic N) is 1. The van der Waals surface area contributed by atoms with E-state index in [1.54, 1.807) is 12.1 Å². The van der Waals surface area contributed by atoms with Crippen LogP contribution in [0.4, 0.5) is 5.69 Å². The standard InChI is InChI=1S/C23H23N3O4S/c1-14-7-4-5-9-18(14)25-21(28)13-31-23-17(12-24)16(11-20(27)26-23)15-8-6-10-19(29-2)22(15)30-3/h4-10,16H,11,13H2,1-3H3,(H,25,28)(H,26,27)/t16-/m1/s1. The number of ether oxygens (including phenoxy) is 2. The van der Waals surface area contributed by atoms with Gasteiger partial charge in [0.05, 0.1) is 36.6 Å². The Bertz CT molecular complexity index is 1070. The normalized spacial score (nSPS) is 15.7. The first-order valence-corrected chi connectivity index (χ1v) is 10.6. The Morgan fingerprint density at radius 2 is 2.00 bits per heavy atom. The monoisotopic (exact) mass is 437 g/mol. The van der Waals surface area contributed by atoms with E-state index in [1.807, 2.05) is 37.3 Å². The van der Waals surface area contributed by atoms with E-state index < -0.39 is 5.92 Å². The summed E-state index contributed by atoms with van der Waals surface area (Å²) in [5.41, 5.74) is 2.76. The Kier molecular flexibility index (Phi) is 7.21. The van der Waals surface area contributed by atoms with Crippen LogP contribution in [0, 0.1) is 18.3 Å². The Morgan fingerprint density at radius 1 is 1.23 bits per heavy atom. The van der Waals surface area contributed by atoms with Gasteiger partial charge in [-0.1, -0.05) is 42.1 Å². The summed E-state index contributed by atoms with van der Waals surface area (Å²) < 4.78 is 10.9. The molecule has 1 heterocycles. The zero-order valence-electron chi connectivity index (χ0n) is 17.5. The van der Waals surface area contributed by atoms with E-state index in [9.17, 15) is 14.9 Å². The molecular weight excluding hydrogens is 414 g/mol. The van der Waals surface area contributed by atoms with E-state index in [2.05, 4.69) is 16.7 Å². The molecule has 3 rings (SSSR count). The van der Waals surface area contributed by atoms with Crippen molar-refractivity contribution in [1.29, 1.82) is 5.26 Å². The van der Waals surface area contributed by atoms with Crippen LogP contribution < -0.4 is 20.1 Å². The molecule has 31 heavy (non-hydrogen) atoms. The molecule has 2 aromatic rings. The van der Waals surface area contributed by atoms with E-state index in [0.29, 0.717) is 27.7 Å². The smallest absolute Gasteiger partial charge is 0.234 e. The van der Waals surface area contributed by atoms with Gasteiger partial charge in [-0.2, -0.15) is 5.26 Å². The van der Waals surface area contributed by atoms with Crippen molar-refractivity contribution in [2.24, 2.45) is 0 Å². The maximum atomic E-state index is 12.4. The van der Waals surface area contributed by atoms with Crippen LogP contribution in [-0.2, 0) is 9.59 Å². The summed E-state index contributed by atoms with van der Waals surface area (Å²) in [6.45, 7) is 1.91. The first-order chi connectivity index (χ1) is 15.0. The van der Waals surface area contributed by atoms with Crippen molar-refractivity contribution < 1.29 is 19.1 Å². The van der Waals surface area contributed by atoms with E-state index in [0.717, 1.165) is 23.0 Å². The van der Waals surface area contributed by atoms with Crippen molar-refractivity contribution >= 4 is 29.3 Å². The van der Waals surface area contributed by atoms with Crippen LogP contribution in [0.15, 0.2) is 53.1 Å². The van der Waals surface area contributed by atoms with Gasteiger partial charge in [0.2, 0.25) is 11.8 Å². The van der Waals surface area contributed by atoms with Gasteiger partial charge in [-0.15, -0.1) is 0 Å².